The van der Waals surface area contributed by atoms with Crippen molar-refractivity contribution >= 4 is 5.97 Å². The van der Waals surface area contributed by atoms with E-state index in [9.17, 15) is 30.0 Å². The second-order valence-electron chi connectivity index (χ2n) is 11.9. The zero-order valence-electron chi connectivity index (χ0n) is 20.1. The van der Waals surface area contributed by atoms with Crippen LogP contribution < -0.4 is 5.63 Å². The summed E-state index contributed by atoms with van der Waals surface area (Å²) in [5, 5.41) is 46.4. The molecule has 1 spiro atoms. The van der Waals surface area contributed by atoms with E-state index < -0.39 is 64.1 Å². The molecule has 4 N–H and O–H groups in total. The molecule has 0 unspecified atom stereocenters. The Morgan fingerprint density at radius 1 is 1.14 bits per heavy atom. The lowest BCUT2D eigenvalue weighted by Gasteiger charge is -2.66. The number of aliphatic hydroxyl groups is 4. The van der Waals surface area contributed by atoms with Crippen molar-refractivity contribution in [2.75, 3.05) is 0 Å². The number of rotatable bonds is 2. The zero-order chi connectivity index (χ0) is 25.0. The van der Waals surface area contributed by atoms with Crippen LogP contribution >= 0.6 is 0 Å². The highest BCUT2D eigenvalue weighted by Crippen LogP contribution is 2.74. The highest BCUT2D eigenvalue weighted by Gasteiger charge is 2.81. The average Bonchev–Trinajstić information content (AvgIpc) is 3.21. The number of ether oxygens (including phenoxy) is 2. The monoisotopic (exact) mass is 490 g/mol. The largest absolute Gasteiger partial charge is 0.462 e. The summed E-state index contributed by atoms with van der Waals surface area (Å²) in [6.07, 6.45) is 0.333. The number of hydrogen-bond donors (Lipinski definition) is 4. The molecule has 1 aromatic heterocycles. The van der Waals surface area contributed by atoms with E-state index in [0.717, 1.165) is 5.56 Å². The van der Waals surface area contributed by atoms with Crippen molar-refractivity contribution in [3.63, 3.8) is 0 Å². The minimum absolute atomic E-state index is 0.0580. The van der Waals surface area contributed by atoms with Crippen molar-refractivity contribution in [1.29, 1.82) is 0 Å². The Labute approximate surface area is 203 Å². The first kappa shape index (κ1) is 23.6. The van der Waals surface area contributed by atoms with Gasteiger partial charge in [-0.15, -0.1) is 0 Å². The maximum absolute atomic E-state index is 12.4. The maximum atomic E-state index is 12.4. The minimum Gasteiger partial charge on any atom is -0.462 e. The summed E-state index contributed by atoms with van der Waals surface area (Å²) in [5.41, 5.74) is -4.15. The molecule has 0 bridgehead atoms. The Kier molecular flexibility index (Phi) is 4.98. The second kappa shape index (κ2) is 7.38. The number of fused-ring (bicyclic) bond motifs is 2. The smallest absolute Gasteiger partial charge is 0.335 e. The molecule has 1 aromatic rings. The van der Waals surface area contributed by atoms with Crippen LogP contribution in [0.15, 0.2) is 27.6 Å². The van der Waals surface area contributed by atoms with E-state index in [0.29, 0.717) is 25.7 Å². The summed E-state index contributed by atoms with van der Waals surface area (Å²) in [6, 6.07) is 3.15. The van der Waals surface area contributed by atoms with Gasteiger partial charge < -0.3 is 34.3 Å². The van der Waals surface area contributed by atoms with E-state index in [4.69, 9.17) is 13.9 Å². The van der Waals surface area contributed by atoms with Crippen molar-refractivity contribution in [1.82, 2.24) is 0 Å². The molecule has 5 aliphatic rings. The summed E-state index contributed by atoms with van der Waals surface area (Å²) in [4.78, 5) is 23.6. The molecule has 9 nitrogen and oxygen atoms in total. The molecule has 4 saturated carbocycles. The van der Waals surface area contributed by atoms with Crippen LogP contribution in [0.2, 0.25) is 0 Å². The van der Waals surface area contributed by atoms with Gasteiger partial charge in [-0.25, -0.2) is 4.79 Å². The standard InChI is InChI=1S/C26H34O9/c1-13(27)34-19-9-15(28)10-24(31)7-5-17-21-18(35-22(30)26(19,21)24)11-23(2)16(6-8-25(17,23)32)14-3-4-20(29)33-12-14/h3-4,12,15-19,21-22,28,30-32H,5-11H2,1-2H3/t15-,16+,17+,18+,19+,21+,22-,23+,24-,25-,26+/m0/s1. The highest BCUT2D eigenvalue weighted by atomic mass is 16.6. The molecule has 6 rings (SSSR count). The number of hydrogen-bond acceptors (Lipinski definition) is 9. The topological polar surface area (TPSA) is 147 Å². The quantitative estimate of drug-likeness (QED) is 0.449. The summed E-state index contributed by atoms with van der Waals surface area (Å²) < 4.78 is 17.0. The van der Waals surface area contributed by atoms with E-state index >= 15 is 0 Å². The highest BCUT2D eigenvalue weighted by molar-refractivity contribution is 5.66. The SMILES string of the molecule is CC(=O)O[C@@H]1C[C@H](O)C[C@@]2(O)CC[C@@H]3[C@@H]4[C@@H](C[C@]5(C)[C@@H](c6ccc(=O)oc6)CC[C@]35O)O[C@H](O)[C@]412. The number of carbonyl (C=O) groups is 1. The molecular weight excluding hydrogens is 456 g/mol. The predicted octanol–water partition coefficient (Wildman–Crippen LogP) is 1.21. The van der Waals surface area contributed by atoms with Gasteiger partial charge in [-0.05, 0) is 55.6 Å². The Morgan fingerprint density at radius 2 is 1.91 bits per heavy atom. The predicted molar refractivity (Wildman–Crippen MR) is 120 cm³/mol. The Hall–Kier alpha value is -1.78. The molecule has 35 heavy (non-hydrogen) atoms. The Morgan fingerprint density at radius 3 is 2.60 bits per heavy atom. The molecule has 1 aliphatic heterocycles. The van der Waals surface area contributed by atoms with Gasteiger partial charge in [0, 0.05) is 37.2 Å². The van der Waals surface area contributed by atoms with Crippen LogP contribution in [0.4, 0.5) is 0 Å². The van der Waals surface area contributed by atoms with Gasteiger partial charge in [0.15, 0.2) is 6.29 Å². The molecule has 2 heterocycles. The number of aliphatic hydroxyl groups excluding tert-OH is 2. The van der Waals surface area contributed by atoms with Crippen LogP contribution in [0.5, 0.6) is 0 Å². The fourth-order valence-corrected chi connectivity index (χ4v) is 9.40. The van der Waals surface area contributed by atoms with E-state index in [-0.39, 0.29) is 31.1 Å². The molecular formula is C26H34O9. The molecule has 0 radical (unpaired) electrons. The van der Waals surface area contributed by atoms with Crippen molar-refractivity contribution in [3.8, 4) is 0 Å². The van der Waals surface area contributed by atoms with Gasteiger partial charge >= 0.3 is 11.6 Å². The first-order valence-electron chi connectivity index (χ1n) is 12.7. The third-order valence-corrected chi connectivity index (χ3v) is 10.6. The van der Waals surface area contributed by atoms with Crippen molar-refractivity contribution in [2.24, 2.45) is 22.7 Å². The first-order valence-corrected chi connectivity index (χ1v) is 12.7. The molecule has 1 saturated heterocycles. The van der Waals surface area contributed by atoms with Gasteiger partial charge in [0.25, 0.3) is 0 Å². The first-order chi connectivity index (χ1) is 16.5. The van der Waals surface area contributed by atoms with Crippen LogP contribution in [0, 0.1) is 22.7 Å². The van der Waals surface area contributed by atoms with Crippen molar-refractivity contribution < 1.29 is 39.1 Å². The zero-order valence-corrected chi connectivity index (χ0v) is 20.1. The maximum Gasteiger partial charge on any atom is 0.335 e. The summed E-state index contributed by atoms with van der Waals surface area (Å²) in [6.45, 7) is 3.32. The second-order valence-corrected chi connectivity index (χ2v) is 11.9. The van der Waals surface area contributed by atoms with Gasteiger partial charge in [0.05, 0.1) is 35.1 Å². The van der Waals surface area contributed by atoms with Crippen LogP contribution in [0.1, 0.15) is 70.3 Å². The summed E-state index contributed by atoms with van der Waals surface area (Å²) in [7, 11) is 0. The Balaban J connectivity index is 1.46. The van der Waals surface area contributed by atoms with Gasteiger partial charge in [-0.1, -0.05) is 6.92 Å². The number of carbonyl (C=O) groups excluding carboxylic acids is 1. The molecule has 192 valence electrons. The minimum atomic E-state index is -1.49. The molecule has 4 aliphatic carbocycles. The van der Waals surface area contributed by atoms with Crippen molar-refractivity contribution in [3.05, 3.63) is 34.4 Å². The molecule has 11 atom stereocenters. The molecule has 5 fully saturated rings. The van der Waals surface area contributed by atoms with Crippen LogP contribution in [-0.4, -0.2) is 62.2 Å². The van der Waals surface area contributed by atoms with Gasteiger partial charge in [-0.2, -0.15) is 0 Å². The number of esters is 1. The summed E-state index contributed by atoms with van der Waals surface area (Å²) in [5.74, 6) is -1.38. The van der Waals surface area contributed by atoms with Gasteiger partial charge in [-0.3, -0.25) is 4.79 Å². The lowest BCUT2D eigenvalue weighted by atomic mass is 9.41. The fourth-order valence-electron chi connectivity index (χ4n) is 9.40. The van der Waals surface area contributed by atoms with Crippen LogP contribution in [0.25, 0.3) is 0 Å². The fraction of sp³-hybridized carbons (Fsp3) is 0.769. The van der Waals surface area contributed by atoms with Crippen molar-refractivity contribution in [2.45, 2.75) is 101 Å². The normalized spacial score (nSPS) is 52.3. The van der Waals surface area contributed by atoms with E-state index in [1.807, 2.05) is 6.92 Å². The van der Waals surface area contributed by atoms with Gasteiger partial charge in [0.1, 0.15) is 6.10 Å². The average molecular weight is 491 g/mol. The molecule has 0 amide bonds. The third kappa shape index (κ3) is 2.82. The van der Waals surface area contributed by atoms with E-state index in [1.165, 1.54) is 19.3 Å². The van der Waals surface area contributed by atoms with E-state index in [1.54, 1.807) is 6.07 Å². The van der Waals surface area contributed by atoms with Gasteiger partial charge in [0.2, 0.25) is 0 Å². The van der Waals surface area contributed by atoms with E-state index in [2.05, 4.69) is 0 Å². The third-order valence-electron chi connectivity index (χ3n) is 10.6. The lowest BCUT2D eigenvalue weighted by molar-refractivity contribution is -0.304. The summed E-state index contributed by atoms with van der Waals surface area (Å²) >= 11 is 0. The van der Waals surface area contributed by atoms with Crippen LogP contribution in [-0.2, 0) is 14.3 Å². The molecule has 0 aromatic carbocycles. The Bertz CT molecular complexity index is 1080. The molecule has 9 heteroatoms. The lowest BCUT2D eigenvalue weighted by Crippen LogP contribution is -2.74. The van der Waals surface area contributed by atoms with Crippen LogP contribution in [0.3, 0.4) is 0 Å².